The van der Waals surface area contributed by atoms with Crippen molar-refractivity contribution in [3.63, 3.8) is 0 Å². The van der Waals surface area contributed by atoms with Gasteiger partial charge >= 0.3 is 0 Å². The topological polar surface area (TPSA) is 0 Å². The van der Waals surface area contributed by atoms with Crippen LogP contribution in [0.5, 0.6) is 0 Å². The molecule has 36 valence electrons. The van der Waals surface area contributed by atoms with E-state index in [-0.39, 0.29) is 73.6 Å². The van der Waals surface area contributed by atoms with Crippen LogP contribution in [0.15, 0.2) is 0 Å². The van der Waals surface area contributed by atoms with Crippen molar-refractivity contribution in [2.75, 3.05) is 0 Å². The molecule has 0 bridgehead atoms. The van der Waals surface area contributed by atoms with E-state index in [2.05, 4.69) is 0 Å². The molecule has 0 aromatic rings. The predicted octanol–water partition coefficient (Wildman–Crippen LogP) is 0.248. The van der Waals surface area contributed by atoms with Crippen LogP contribution in [0.25, 0.3) is 0 Å². The van der Waals surface area contributed by atoms with Gasteiger partial charge in [0, 0.05) is 66.2 Å². The maximum atomic E-state index is 0. The molecule has 0 unspecified atom stereocenters. The molecular weight excluding hydrogens is 255 g/mol. The summed E-state index contributed by atoms with van der Waals surface area (Å²) >= 11 is 0. The van der Waals surface area contributed by atoms with Crippen molar-refractivity contribution < 1.29 is 55.2 Å². The SMILES string of the molecule is C.[Cu].[Mn].[Mo].[Si]. The minimum atomic E-state index is 0. The zero-order valence-corrected chi connectivity index (χ0v) is 6.72. The summed E-state index contributed by atoms with van der Waals surface area (Å²) in [5.41, 5.74) is 0. The Labute approximate surface area is 73.1 Å². The second-order valence-corrected chi connectivity index (χ2v) is 0. The van der Waals surface area contributed by atoms with E-state index >= 15 is 0 Å². The van der Waals surface area contributed by atoms with Gasteiger partial charge in [-0.3, -0.25) is 0 Å². The summed E-state index contributed by atoms with van der Waals surface area (Å²) in [6.45, 7) is 0. The summed E-state index contributed by atoms with van der Waals surface area (Å²) < 4.78 is 0. The first-order chi connectivity index (χ1) is 0. The van der Waals surface area contributed by atoms with Crippen molar-refractivity contribution in [2.24, 2.45) is 0 Å². The molecule has 0 amide bonds. The Morgan fingerprint density at radius 2 is 1.00 bits per heavy atom. The van der Waals surface area contributed by atoms with E-state index in [1.54, 1.807) is 0 Å². The third-order valence-electron chi connectivity index (χ3n) is 0. The standard InChI is InChI=1S/CH4.Cu.Mn.Mo.Si/h1H4;;;;. The fourth-order valence-corrected chi connectivity index (χ4v) is 0. The molecule has 4 heteroatoms. The first-order valence-corrected chi connectivity index (χ1v) is 0. The molecule has 0 fully saturated rings. The van der Waals surface area contributed by atoms with Gasteiger partial charge in [0.1, 0.15) is 0 Å². The summed E-state index contributed by atoms with van der Waals surface area (Å²) in [7, 11) is 0. The number of hydrogen-bond acceptors (Lipinski definition) is 0. The average Bonchev–Trinajstić information content (AvgIpc) is 0. The van der Waals surface area contributed by atoms with E-state index in [0.717, 1.165) is 0 Å². The van der Waals surface area contributed by atoms with E-state index in [1.807, 2.05) is 0 Å². The van der Waals surface area contributed by atoms with Gasteiger partial charge in [0.15, 0.2) is 0 Å². The van der Waals surface area contributed by atoms with Crippen LogP contribution >= 0.6 is 0 Å². The summed E-state index contributed by atoms with van der Waals surface area (Å²) in [6, 6.07) is 0. The van der Waals surface area contributed by atoms with Gasteiger partial charge < -0.3 is 0 Å². The zero-order valence-electron chi connectivity index (χ0n) is 1.59. The molecule has 0 atom stereocenters. The second kappa shape index (κ2) is 38.4. The van der Waals surface area contributed by atoms with Gasteiger partial charge in [-0.2, -0.15) is 0 Å². The van der Waals surface area contributed by atoms with Crippen LogP contribution in [0.4, 0.5) is 0 Å². The molecule has 0 spiro atoms. The van der Waals surface area contributed by atoms with Crippen LogP contribution < -0.4 is 0 Å². The van der Waals surface area contributed by atoms with Gasteiger partial charge in [0.25, 0.3) is 0 Å². The average molecular weight is 259 g/mol. The van der Waals surface area contributed by atoms with Crippen LogP contribution in [0.2, 0.25) is 0 Å². The molecule has 5 heavy (non-hydrogen) atoms. The van der Waals surface area contributed by atoms with E-state index in [1.165, 1.54) is 0 Å². The minimum absolute atomic E-state index is 0. The Bertz CT molecular complexity index is 11.6. The molecule has 0 rings (SSSR count). The van der Waals surface area contributed by atoms with Crippen molar-refractivity contribution in [3.05, 3.63) is 0 Å². The fraction of sp³-hybridized carbons (Fsp3) is 1.00. The largest absolute Gasteiger partial charge is 0.0776 e. The molecule has 0 nitrogen and oxygen atoms in total. The molecule has 0 aromatic carbocycles. The molecule has 0 N–H and O–H groups in total. The van der Waals surface area contributed by atoms with Crippen molar-refractivity contribution in [3.8, 4) is 0 Å². The summed E-state index contributed by atoms with van der Waals surface area (Å²) in [4.78, 5) is 0. The van der Waals surface area contributed by atoms with Crippen molar-refractivity contribution >= 4 is 11.0 Å². The minimum Gasteiger partial charge on any atom is -0.0776 e. The maximum Gasteiger partial charge on any atom is 0 e. The summed E-state index contributed by atoms with van der Waals surface area (Å²) in [5.74, 6) is 0. The van der Waals surface area contributed by atoms with E-state index in [0.29, 0.717) is 0 Å². The van der Waals surface area contributed by atoms with Crippen LogP contribution in [-0.2, 0) is 55.2 Å². The Morgan fingerprint density at radius 3 is 1.00 bits per heavy atom. The molecule has 0 saturated carbocycles. The Hall–Kier alpha value is 1.94. The van der Waals surface area contributed by atoms with Gasteiger partial charge in [-0.1, -0.05) is 7.43 Å². The van der Waals surface area contributed by atoms with Gasteiger partial charge in [-0.25, -0.2) is 0 Å². The van der Waals surface area contributed by atoms with Gasteiger partial charge in [0.2, 0.25) is 0 Å². The quantitative estimate of drug-likeness (QED) is 0.547. The van der Waals surface area contributed by atoms with E-state index in [9.17, 15) is 0 Å². The van der Waals surface area contributed by atoms with Crippen molar-refractivity contribution in [2.45, 2.75) is 7.43 Å². The van der Waals surface area contributed by atoms with Crippen molar-refractivity contribution in [1.29, 1.82) is 0 Å². The van der Waals surface area contributed by atoms with Gasteiger partial charge in [-0.15, -0.1) is 0 Å². The molecule has 0 aromatic heterocycles. The third kappa shape index (κ3) is 24.5. The molecule has 0 heterocycles. The molecule has 0 aliphatic heterocycles. The van der Waals surface area contributed by atoms with E-state index in [4.69, 9.17) is 0 Å². The van der Waals surface area contributed by atoms with Crippen LogP contribution in [0.1, 0.15) is 7.43 Å². The molecular formula is CH4CuMnMoSi. The fourth-order valence-electron chi connectivity index (χ4n) is 0. The Balaban J connectivity index is 0. The van der Waals surface area contributed by atoms with E-state index < -0.39 is 0 Å². The number of hydrogen-bond donors (Lipinski definition) is 0. The van der Waals surface area contributed by atoms with Crippen molar-refractivity contribution in [1.82, 2.24) is 0 Å². The predicted molar refractivity (Wildman–Crippen MR) is 12.5 cm³/mol. The Morgan fingerprint density at radius 1 is 1.00 bits per heavy atom. The molecule has 6 radical (unpaired) electrons. The first-order valence-electron chi connectivity index (χ1n) is 0. The zero-order chi connectivity index (χ0) is 0. The summed E-state index contributed by atoms with van der Waals surface area (Å²) in [6.07, 6.45) is 0. The van der Waals surface area contributed by atoms with Crippen LogP contribution in [0.3, 0.4) is 0 Å². The normalized spacial score (nSPS) is 0. The molecule has 0 aliphatic carbocycles. The smallest absolute Gasteiger partial charge is 0 e. The first kappa shape index (κ1) is 64.9. The number of rotatable bonds is 0. The summed E-state index contributed by atoms with van der Waals surface area (Å²) in [5, 5.41) is 0. The van der Waals surface area contributed by atoms with Gasteiger partial charge in [-0.05, 0) is 0 Å². The molecule has 0 aliphatic rings. The monoisotopic (exact) mass is 260 g/mol. The second-order valence-electron chi connectivity index (χ2n) is 0. The van der Waals surface area contributed by atoms with Gasteiger partial charge in [0.05, 0.1) is 0 Å². The van der Waals surface area contributed by atoms with Crippen LogP contribution in [-0.4, -0.2) is 11.0 Å². The third-order valence-corrected chi connectivity index (χ3v) is 0. The molecule has 0 saturated heterocycles. The Kier molecular flexibility index (Phi) is 499. The maximum absolute atomic E-state index is 0. The van der Waals surface area contributed by atoms with Crippen LogP contribution in [0, 0.1) is 0 Å².